The van der Waals surface area contributed by atoms with Gasteiger partial charge in [0.2, 0.25) is 9.84 Å². The van der Waals surface area contributed by atoms with Gasteiger partial charge in [-0.1, -0.05) is 18.2 Å². The Morgan fingerprint density at radius 1 is 1.03 bits per heavy atom. The van der Waals surface area contributed by atoms with Crippen molar-refractivity contribution in [3.63, 3.8) is 0 Å². The molecule has 4 rings (SSSR count). The molecule has 0 bridgehead atoms. The summed E-state index contributed by atoms with van der Waals surface area (Å²) in [6.45, 7) is 8.77. The van der Waals surface area contributed by atoms with Crippen molar-refractivity contribution in [1.29, 1.82) is 5.26 Å². The summed E-state index contributed by atoms with van der Waals surface area (Å²) < 4.78 is 33.0. The summed E-state index contributed by atoms with van der Waals surface area (Å²) in [7, 11) is -4.02. The molecule has 1 aliphatic heterocycles. The summed E-state index contributed by atoms with van der Waals surface area (Å²) in [5.74, 6) is 0.421. The number of ether oxygens (including phenoxy) is 1. The van der Waals surface area contributed by atoms with Crippen LogP contribution in [0.15, 0.2) is 47.4 Å². The first kappa shape index (κ1) is 22.2. The van der Waals surface area contributed by atoms with Crippen molar-refractivity contribution in [1.82, 2.24) is 9.97 Å². The van der Waals surface area contributed by atoms with Crippen molar-refractivity contribution in [2.24, 2.45) is 0 Å². The highest BCUT2D eigenvalue weighted by Gasteiger charge is 2.36. The van der Waals surface area contributed by atoms with E-state index in [9.17, 15) is 13.7 Å². The summed E-state index contributed by atoms with van der Waals surface area (Å²) in [6.07, 6.45) is -0.117. The number of nitrogens with zero attached hydrogens (tertiary/aromatic N) is 4. The zero-order valence-electron chi connectivity index (χ0n) is 18.6. The second-order valence-electron chi connectivity index (χ2n) is 8.38. The van der Waals surface area contributed by atoms with Gasteiger partial charge in [-0.3, -0.25) is 0 Å². The van der Waals surface area contributed by atoms with Crippen molar-refractivity contribution in [3.8, 4) is 6.07 Å². The van der Waals surface area contributed by atoms with Crippen molar-refractivity contribution in [3.05, 3.63) is 59.3 Å². The average Bonchev–Trinajstić information content (AvgIpc) is 2.74. The lowest BCUT2D eigenvalue weighted by Crippen LogP contribution is -2.46. The molecular formula is C24H26N4O3S. The number of aryl methyl sites for hydroxylation is 2. The molecule has 1 fully saturated rings. The zero-order valence-corrected chi connectivity index (χ0v) is 19.4. The Morgan fingerprint density at radius 2 is 1.66 bits per heavy atom. The minimum absolute atomic E-state index is 0.0586. The summed E-state index contributed by atoms with van der Waals surface area (Å²) in [4.78, 5) is 11.5. The van der Waals surface area contributed by atoms with E-state index in [1.54, 1.807) is 24.3 Å². The topological polar surface area (TPSA) is 96.2 Å². The van der Waals surface area contributed by atoms with E-state index in [1.807, 2.05) is 56.9 Å². The number of benzene rings is 2. The van der Waals surface area contributed by atoms with E-state index < -0.39 is 15.1 Å². The van der Waals surface area contributed by atoms with Gasteiger partial charge < -0.3 is 9.64 Å². The summed E-state index contributed by atoms with van der Waals surface area (Å²) >= 11 is 0. The first-order valence-electron chi connectivity index (χ1n) is 10.6. The minimum Gasteiger partial charge on any atom is -0.372 e. The lowest BCUT2D eigenvalue weighted by Gasteiger charge is -2.37. The number of nitriles is 1. The monoisotopic (exact) mass is 450 g/mol. The number of morpholine rings is 1. The van der Waals surface area contributed by atoms with Crippen molar-refractivity contribution in [2.45, 2.75) is 50.0 Å². The van der Waals surface area contributed by atoms with E-state index in [1.165, 1.54) is 0 Å². The molecule has 8 heteroatoms. The number of para-hydroxylation sites is 2. The van der Waals surface area contributed by atoms with Crippen molar-refractivity contribution in [2.75, 3.05) is 18.0 Å². The molecule has 0 saturated carbocycles. The van der Waals surface area contributed by atoms with Crippen LogP contribution in [0.5, 0.6) is 0 Å². The van der Waals surface area contributed by atoms with Crippen LogP contribution in [-0.2, 0) is 14.6 Å². The minimum atomic E-state index is -4.02. The normalized spacial score (nSPS) is 20.2. The van der Waals surface area contributed by atoms with Crippen LogP contribution in [-0.4, -0.2) is 43.7 Å². The van der Waals surface area contributed by atoms with E-state index in [0.29, 0.717) is 29.9 Å². The molecule has 1 aliphatic rings. The van der Waals surface area contributed by atoms with E-state index in [2.05, 4.69) is 4.98 Å². The standard InChI is InChI=1S/C24H26N4O3S/c1-15-9-10-19(11-16(15)2)32(29,30)22(12-25)23-24(28-13-17(3)31-18(4)14-28)27-21-8-6-5-7-20(21)26-23/h5-11,17-18,22H,13-14H2,1-4H3/t17-,18-,22+/m0/s1. The third-order valence-electron chi connectivity index (χ3n) is 5.78. The summed E-state index contributed by atoms with van der Waals surface area (Å²) in [6, 6.07) is 14.2. The first-order valence-corrected chi connectivity index (χ1v) is 12.1. The maximum absolute atomic E-state index is 13.6. The molecule has 166 valence electrons. The van der Waals surface area contributed by atoms with Crippen LogP contribution in [0.3, 0.4) is 0 Å². The van der Waals surface area contributed by atoms with Crippen LogP contribution in [0.1, 0.15) is 35.9 Å². The van der Waals surface area contributed by atoms with Crippen LogP contribution < -0.4 is 4.90 Å². The van der Waals surface area contributed by atoms with E-state index in [0.717, 1.165) is 11.1 Å². The zero-order chi connectivity index (χ0) is 23.0. The second kappa shape index (κ2) is 8.49. The van der Waals surface area contributed by atoms with Crippen LogP contribution in [0, 0.1) is 25.2 Å². The molecule has 1 aromatic heterocycles. The molecule has 0 aliphatic carbocycles. The number of sulfone groups is 1. The predicted molar refractivity (Wildman–Crippen MR) is 123 cm³/mol. The summed E-state index contributed by atoms with van der Waals surface area (Å²) in [5.41, 5.74) is 3.20. The van der Waals surface area contributed by atoms with Crippen LogP contribution in [0.4, 0.5) is 5.82 Å². The van der Waals surface area contributed by atoms with E-state index in [4.69, 9.17) is 9.72 Å². The lowest BCUT2D eigenvalue weighted by atomic mass is 10.1. The van der Waals surface area contributed by atoms with E-state index >= 15 is 0 Å². The highest BCUT2D eigenvalue weighted by molar-refractivity contribution is 7.92. The Morgan fingerprint density at radius 3 is 2.25 bits per heavy atom. The first-order chi connectivity index (χ1) is 15.2. The van der Waals surface area contributed by atoms with Gasteiger partial charge in [-0.15, -0.1) is 0 Å². The maximum atomic E-state index is 13.6. The predicted octanol–water partition coefficient (Wildman–Crippen LogP) is 3.90. The molecule has 32 heavy (non-hydrogen) atoms. The van der Waals surface area contributed by atoms with E-state index in [-0.39, 0.29) is 22.8 Å². The summed E-state index contributed by atoms with van der Waals surface area (Å²) in [5, 5.41) is 8.58. The van der Waals surface area contributed by atoms with Gasteiger partial charge in [-0.25, -0.2) is 18.4 Å². The Hall–Kier alpha value is -3.02. The van der Waals surface area contributed by atoms with Gasteiger partial charge in [0.1, 0.15) is 5.69 Å². The number of fused-ring (bicyclic) bond motifs is 1. The molecule has 2 aromatic carbocycles. The Labute approximate surface area is 188 Å². The van der Waals surface area contributed by atoms with Crippen LogP contribution >= 0.6 is 0 Å². The third kappa shape index (κ3) is 4.06. The number of hydrogen-bond acceptors (Lipinski definition) is 7. The number of aromatic nitrogens is 2. The SMILES string of the molecule is Cc1ccc(S(=O)(=O)[C@H](C#N)c2nc3ccccc3nc2N2C[C@H](C)O[C@@H](C)C2)cc1C. The molecule has 0 N–H and O–H groups in total. The molecule has 3 atom stereocenters. The Balaban J connectivity index is 1.90. The average molecular weight is 451 g/mol. The smallest absolute Gasteiger partial charge is 0.200 e. The van der Waals surface area contributed by atoms with Crippen LogP contribution in [0.25, 0.3) is 11.0 Å². The molecule has 0 amide bonds. The van der Waals surface area contributed by atoms with Crippen molar-refractivity contribution < 1.29 is 13.2 Å². The fourth-order valence-electron chi connectivity index (χ4n) is 4.07. The van der Waals surface area contributed by atoms with Crippen LogP contribution in [0.2, 0.25) is 0 Å². The van der Waals surface area contributed by atoms with Crippen molar-refractivity contribution >= 4 is 26.7 Å². The largest absolute Gasteiger partial charge is 0.372 e. The van der Waals surface area contributed by atoms with Gasteiger partial charge in [0.25, 0.3) is 0 Å². The molecule has 1 saturated heterocycles. The molecule has 2 heterocycles. The van der Waals surface area contributed by atoms with Gasteiger partial charge in [-0.2, -0.15) is 5.26 Å². The fourth-order valence-corrected chi connectivity index (χ4v) is 5.53. The number of hydrogen-bond donors (Lipinski definition) is 0. The van der Waals surface area contributed by atoms with Gasteiger partial charge >= 0.3 is 0 Å². The molecule has 0 spiro atoms. The maximum Gasteiger partial charge on any atom is 0.200 e. The van der Waals surface area contributed by atoms with Gasteiger partial charge in [0, 0.05) is 13.1 Å². The van der Waals surface area contributed by atoms with Gasteiger partial charge in [0.05, 0.1) is 34.2 Å². The third-order valence-corrected chi connectivity index (χ3v) is 7.64. The molecule has 0 unspecified atom stereocenters. The van der Waals surface area contributed by atoms with Gasteiger partial charge in [0.15, 0.2) is 11.1 Å². The van der Waals surface area contributed by atoms with Gasteiger partial charge in [-0.05, 0) is 63.1 Å². The quantitative estimate of drug-likeness (QED) is 0.595. The number of anilines is 1. The Kier molecular flexibility index (Phi) is 5.89. The lowest BCUT2D eigenvalue weighted by molar-refractivity contribution is -0.00550. The highest BCUT2D eigenvalue weighted by Crippen LogP contribution is 2.35. The Bertz CT molecular complexity index is 1310. The fraction of sp³-hybridized carbons (Fsp3) is 0.375. The molecular weight excluding hydrogens is 424 g/mol. The molecule has 7 nitrogen and oxygen atoms in total. The molecule has 3 aromatic rings. The second-order valence-corrected chi connectivity index (χ2v) is 10.4. The molecule has 0 radical (unpaired) electrons. The highest BCUT2D eigenvalue weighted by atomic mass is 32.2. The number of rotatable bonds is 4.